The molecule has 2 aromatic carbocycles. The number of nitrogens with one attached hydrogen (secondary N) is 1. The summed E-state index contributed by atoms with van der Waals surface area (Å²) in [5.41, 5.74) is 1.90. The van der Waals surface area contributed by atoms with E-state index in [2.05, 4.69) is 5.32 Å². The molecule has 2 rings (SSSR count). The predicted octanol–water partition coefficient (Wildman–Crippen LogP) is 3.40. The van der Waals surface area contributed by atoms with Crippen molar-refractivity contribution < 1.29 is 23.8 Å². The second-order valence-corrected chi connectivity index (χ2v) is 6.10. The molecule has 0 aliphatic rings. The molecule has 0 fully saturated rings. The Morgan fingerprint density at radius 3 is 2.41 bits per heavy atom. The Morgan fingerprint density at radius 2 is 1.69 bits per heavy atom. The van der Waals surface area contributed by atoms with Gasteiger partial charge in [-0.2, -0.15) is 0 Å². The summed E-state index contributed by atoms with van der Waals surface area (Å²) in [5, 5.41) is 2.74. The van der Waals surface area contributed by atoms with Crippen LogP contribution in [0.1, 0.15) is 25.0 Å². The van der Waals surface area contributed by atoms with Crippen LogP contribution in [0, 0.1) is 0 Å². The van der Waals surface area contributed by atoms with Gasteiger partial charge in [-0.05, 0) is 49.6 Å². The minimum absolute atomic E-state index is 0.314. The van der Waals surface area contributed by atoms with Gasteiger partial charge in [-0.25, -0.2) is 4.79 Å². The summed E-state index contributed by atoms with van der Waals surface area (Å²) in [5.74, 6) is 0.495. The van der Waals surface area contributed by atoms with Gasteiger partial charge in [-0.1, -0.05) is 36.4 Å². The summed E-state index contributed by atoms with van der Waals surface area (Å²) in [6, 6.07) is 15.1. The smallest absolute Gasteiger partial charge is 0.331 e. The topological polar surface area (TPSA) is 73.9 Å². The lowest BCUT2D eigenvalue weighted by Crippen LogP contribution is -2.30. The molecule has 0 atom stereocenters. The van der Waals surface area contributed by atoms with E-state index < -0.39 is 5.97 Å². The van der Waals surface area contributed by atoms with Gasteiger partial charge in [-0.3, -0.25) is 4.79 Å². The molecule has 0 radical (unpaired) electrons. The van der Waals surface area contributed by atoms with Gasteiger partial charge in [0.2, 0.25) is 0 Å². The van der Waals surface area contributed by atoms with E-state index >= 15 is 0 Å². The van der Waals surface area contributed by atoms with E-state index in [-0.39, 0.29) is 12.5 Å². The van der Waals surface area contributed by atoms with E-state index in [1.807, 2.05) is 62.4 Å². The molecule has 154 valence electrons. The molecule has 0 saturated carbocycles. The van der Waals surface area contributed by atoms with Crippen molar-refractivity contribution in [2.45, 2.75) is 20.3 Å². The highest BCUT2D eigenvalue weighted by atomic mass is 16.5. The third-order valence-electron chi connectivity index (χ3n) is 3.90. The summed E-state index contributed by atoms with van der Waals surface area (Å²) in [6.07, 6.45) is 3.57. The Morgan fingerprint density at radius 1 is 0.966 bits per heavy atom. The molecule has 29 heavy (non-hydrogen) atoms. The first-order valence-electron chi connectivity index (χ1n) is 9.67. The van der Waals surface area contributed by atoms with Crippen molar-refractivity contribution in [2.75, 3.05) is 26.4 Å². The maximum absolute atomic E-state index is 11.9. The van der Waals surface area contributed by atoms with E-state index in [0.717, 1.165) is 11.1 Å². The molecule has 0 unspecified atom stereocenters. The normalized spacial score (nSPS) is 10.6. The molecule has 0 spiro atoms. The number of ether oxygens (including phenoxy) is 3. The minimum atomic E-state index is -0.558. The molecule has 1 N–H and O–H groups in total. The summed E-state index contributed by atoms with van der Waals surface area (Å²) < 4.78 is 16.1. The maximum Gasteiger partial charge on any atom is 0.331 e. The summed E-state index contributed by atoms with van der Waals surface area (Å²) in [7, 11) is 0. The zero-order valence-corrected chi connectivity index (χ0v) is 16.9. The van der Waals surface area contributed by atoms with E-state index in [9.17, 15) is 9.59 Å². The zero-order valence-electron chi connectivity index (χ0n) is 16.9. The summed E-state index contributed by atoms with van der Waals surface area (Å²) in [6.45, 7) is 5.06. The van der Waals surface area contributed by atoms with Crippen LogP contribution in [0.5, 0.6) is 11.5 Å². The number of hydrogen-bond acceptors (Lipinski definition) is 5. The van der Waals surface area contributed by atoms with Crippen molar-refractivity contribution in [1.29, 1.82) is 0 Å². The van der Waals surface area contributed by atoms with Crippen LogP contribution >= 0.6 is 0 Å². The molecule has 0 aliphatic carbocycles. The van der Waals surface area contributed by atoms with Gasteiger partial charge in [0.25, 0.3) is 5.91 Å². The second-order valence-electron chi connectivity index (χ2n) is 6.10. The lowest BCUT2D eigenvalue weighted by Gasteiger charge is -2.12. The Balaban J connectivity index is 1.73. The van der Waals surface area contributed by atoms with Gasteiger partial charge in [0.15, 0.2) is 18.1 Å². The average Bonchev–Trinajstić information content (AvgIpc) is 2.73. The van der Waals surface area contributed by atoms with Crippen molar-refractivity contribution in [3.63, 3.8) is 0 Å². The van der Waals surface area contributed by atoms with Crippen molar-refractivity contribution in [1.82, 2.24) is 5.32 Å². The predicted molar refractivity (Wildman–Crippen MR) is 112 cm³/mol. The molecule has 6 nitrogen and oxygen atoms in total. The highest BCUT2D eigenvalue weighted by Crippen LogP contribution is 2.28. The molecular formula is C23H27NO5. The number of carbonyl (C=O) groups is 2. The van der Waals surface area contributed by atoms with Crippen molar-refractivity contribution >= 4 is 18.0 Å². The Bertz CT molecular complexity index is 817. The van der Waals surface area contributed by atoms with Gasteiger partial charge < -0.3 is 19.5 Å². The van der Waals surface area contributed by atoms with Crippen molar-refractivity contribution in [2.24, 2.45) is 0 Å². The number of esters is 1. The van der Waals surface area contributed by atoms with E-state index in [1.54, 1.807) is 6.08 Å². The Hall–Kier alpha value is -3.28. The fourth-order valence-corrected chi connectivity index (χ4v) is 2.56. The van der Waals surface area contributed by atoms with Crippen LogP contribution in [0.3, 0.4) is 0 Å². The van der Waals surface area contributed by atoms with Crippen molar-refractivity contribution in [3.8, 4) is 11.5 Å². The molecule has 0 saturated heterocycles. The third-order valence-corrected chi connectivity index (χ3v) is 3.90. The first kappa shape index (κ1) is 22.0. The average molecular weight is 397 g/mol. The van der Waals surface area contributed by atoms with Crippen LogP contribution in [0.2, 0.25) is 0 Å². The van der Waals surface area contributed by atoms with Crippen LogP contribution in [-0.4, -0.2) is 38.2 Å². The fraction of sp³-hybridized carbons (Fsp3) is 0.304. The van der Waals surface area contributed by atoms with E-state index in [4.69, 9.17) is 14.2 Å². The fourth-order valence-electron chi connectivity index (χ4n) is 2.56. The van der Waals surface area contributed by atoms with Gasteiger partial charge in [0, 0.05) is 12.6 Å². The van der Waals surface area contributed by atoms with Crippen LogP contribution < -0.4 is 14.8 Å². The van der Waals surface area contributed by atoms with Crippen LogP contribution in [-0.2, 0) is 20.7 Å². The summed E-state index contributed by atoms with van der Waals surface area (Å²) in [4.78, 5) is 23.5. The van der Waals surface area contributed by atoms with Crippen molar-refractivity contribution in [3.05, 3.63) is 65.7 Å². The molecule has 6 heteroatoms. The van der Waals surface area contributed by atoms with Gasteiger partial charge >= 0.3 is 5.97 Å². The first-order chi connectivity index (χ1) is 14.1. The number of carbonyl (C=O) groups excluding carboxylic acids is 2. The molecule has 1 amide bonds. The second kappa shape index (κ2) is 12.2. The Kier molecular flexibility index (Phi) is 9.29. The van der Waals surface area contributed by atoms with Gasteiger partial charge in [-0.15, -0.1) is 0 Å². The zero-order chi connectivity index (χ0) is 20.9. The SMILES string of the molecule is CCOc1ccc(CCNC(=O)COC(=O)/C=C\c2ccccc2)cc1OCC. The van der Waals surface area contributed by atoms with E-state index in [1.165, 1.54) is 6.08 Å². The third kappa shape index (κ3) is 8.09. The minimum Gasteiger partial charge on any atom is -0.490 e. The lowest BCUT2D eigenvalue weighted by atomic mass is 10.1. The maximum atomic E-state index is 11.9. The summed E-state index contributed by atoms with van der Waals surface area (Å²) >= 11 is 0. The van der Waals surface area contributed by atoms with Crippen LogP contribution in [0.4, 0.5) is 0 Å². The monoisotopic (exact) mass is 397 g/mol. The molecule has 0 aromatic heterocycles. The van der Waals surface area contributed by atoms with Crippen LogP contribution in [0.15, 0.2) is 54.6 Å². The van der Waals surface area contributed by atoms with Crippen LogP contribution in [0.25, 0.3) is 6.08 Å². The standard InChI is InChI=1S/C23H27NO5/c1-3-27-20-12-10-19(16-21(20)28-4-2)14-15-24-22(25)17-29-23(26)13-11-18-8-6-5-7-9-18/h5-13,16H,3-4,14-15,17H2,1-2H3,(H,24,25)/b13-11-. The highest BCUT2D eigenvalue weighted by Gasteiger charge is 2.08. The number of hydrogen-bond donors (Lipinski definition) is 1. The Labute approximate surface area is 171 Å². The van der Waals surface area contributed by atoms with Gasteiger partial charge in [0.1, 0.15) is 0 Å². The lowest BCUT2D eigenvalue weighted by molar-refractivity contribution is -0.143. The quantitative estimate of drug-likeness (QED) is 0.465. The van der Waals surface area contributed by atoms with Gasteiger partial charge in [0.05, 0.1) is 13.2 Å². The first-order valence-corrected chi connectivity index (χ1v) is 9.67. The molecule has 0 bridgehead atoms. The molecular weight excluding hydrogens is 370 g/mol. The highest BCUT2D eigenvalue weighted by molar-refractivity contribution is 5.89. The number of benzene rings is 2. The molecule has 0 aliphatic heterocycles. The number of rotatable bonds is 11. The largest absolute Gasteiger partial charge is 0.490 e. The number of amides is 1. The molecule has 0 heterocycles. The molecule has 2 aromatic rings. The van der Waals surface area contributed by atoms with E-state index in [0.29, 0.717) is 37.7 Å².